The zero-order valence-electron chi connectivity index (χ0n) is 11.9. The van der Waals surface area contributed by atoms with E-state index in [9.17, 15) is 4.79 Å². The number of hydrogen-bond donors (Lipinski definition) is 1. The van der Waals surface area contributed by atoms with Crippen LogP contribution in [0.1, 0.15) is 36.0 Å². The van der Waals surface area contributed by atoms with Crippen molar-refractivity contribution in [3.63, 3.8) is 0 Å². The molecule has 114 valence electrons. The highest BCUT2D eigenvalue weighted by molar-refractivity contribution is 6.42. The third-order valence-electron chi connectivity index (χ3n) is 4.34. The van der Waals surface area contributed by atoms with Gasteiger partial charge in [0.25, 0.3) is 5.91 Å². The van der Waals surface area contributed by atoms with E-state index in [-0.39, 0.29) is 5.91 Å². The first-order chi connectivity index (χ1) is 10.1. The van der Waals surface area contributed by atoms with Gasteiger partial charge in [0.1, 0.15) is 0 Å². The Kier molecular flexibility index (Phi) is 4.72. The van der Waals surface area contributed by atoms with Crippen LogP contribution < -0.4 is 5.32 Å². The molecule has 0 radical (unpaired) electrons. The predicted molar refractivity (Wildman–Crippen MR) is 86.1 cm³/mol. The maximum atomic E-state index is 12.4. The molecule has 1 amide bonds. The van der Waals surface area contributed by atoms with Gasteiger partial charge in [-0.2, -0.15) is 0 Å². The molecule has 3 nitrogen and oxygen atoms in total. The average molecular weight is 327 g/mol. The number of piperidine rings is 1. The molecular formula is C16H20Cl2N2O. The second-order valence-corrected chi connectivity index (χ2v) is 6.86. The van der Waals surface area contributed by atoms with E-state index in [0.717, 1.165) is 38.4 Å². The Bertz CT molecular complexity index is 523. The monoisotopic (exact) mass is 326 g/mol. The fourth-order valence-electron chi connectivity index (χ4n) is 2.75. The number of hydrogen-bond acceptors (Lipinski definition) is 2. The second-order valence-electron chi connectivity index (χ2n) is 6.05. The first-order valence-corrected chi connectivity index (χ1v) is 8.37. The van der Waals surface area contributed by atoms with Gasteiger partial charge >= 0.3 is 0 Å². The van der Waals surface area contributed by atoms with Gasteiger partial charge in [-0.1, -0.05) is 23.2 Å². The van der Waals surface area contributed by atoms with E-state index in [1.807, 2.05) is 4.90 Å². The van der Waals surface area contributed by atoms with Crippen molar-refractivity contribution in [3.8, 4) is 0 Å². The Labute approximate surface area is 135 Å². The third kappa shape index (κ3) is 3.91. The van der Waals surface area contributed by atoms with Gasteiger partial charge in [-0.25, -0.2) is 0 Å². The largest absolute Gasteiger partial charge is 0.339 e. The van der Waals surface area contributed by atoms with Crippen molar-refractivity contribution < 1.29 is 4.79 Å². The van der Waals surface area contributed by atoms with Crippen LogP contribution in [0, 0.1) is 5.92 Å². The number of amides is 1. The Morgan fingerprint density at radius 2 is 1.86 bits per heavy atom. The lowest BCUT2D eigenvalue weighted by Gasteiger charge is -2.32. The minimum absolute atomic E-state index is 0.0502. The van der Waals surface area contributed by atoms with Crippen molar-refractivity contribution in [2.75, 3.05) is 19.6 Å². The zero-order valence-corrected chi connectivity index (χ0v) is 13.5. The molecule has 5 heteroatoms. The number of carbonyl (C=O) groups is 1. The number of rotatable bonds is 4. The first kappa shape index (κ1) is 15.1. The smallest absolute Gasteiger partial charge is 0.253 e. The van der Waals surface area contributed by atoms with Crippen molar-refractivity contribution in [2.24, 2.45) is 5.92 Å². The SMILES string of the molecule is O=C(c1ccc(Cl)c(Cl)c1)N1CCC(NCC2CC2)CC1. The van der Waals surface area contributed by atoms with Gasteiger partial charge in [0.15, 0.2) is 0 Å². The summed E-state index contributed by atoms with van der Waals surface area (Å²) in [6, 6.07) is 5.64. The summed E-state index contributed by atoms with van der Waals surface area (Å²) in [5, 5.41) is 4.54. The maximum absolute atomic E-state index is 12.4. The molecule has 1 saturated carbocycles. The van der Waals surface area contributed by atoms with Gasteiger partial charge in [0.2, 0.25) is 0 Å². The number of likely N-dealkylation sites (tertiary alicyclic amines) is 1. The van der Waals surface area contributed by atoms with Crippen molar-refractivity contribution in [3.05, 3.63) is 33.8 Å². The molecule has 1 aliphatic heterocycles. The molecule has 0 aromatic heterocycles. The minimum Gasteiger partial charge on any atom is -0.339 e. The fourth-order valence-corrected chi connectivity index (χ4v) is 3.05. The van der Waals surface area contributed by atoms with Crippen molar-refractivity contribution in [1.29, 1.82) is 0 Å². The zero-order chi connectivity index (χ0) is 14.8. The Morgan fingerprint density at radius 3 is 2.48 bits per heavy atom. The molecule has 21 heavy (non-hydrogen) atoms. The summed E-state index contributed by atoms with van der Waals surface area (Å²) in [4.78, 5) is 14.4. The fraction of sp³-hybridized carbons (Fsp3) is 0.562. The van der Waals surface area contributed by atoms with Gasteiger partial charge in [-0.05, 0) is 56.3 Å². The summed E-state index contributed by atoms with van der Waals surface area (Å²) in [6.07, 6.45) is 4.81. The van der Waals surface area contributed by atoms with E-state index in [1.54, 1.807) is 18.2 Å². The number of nitrogens with zero attached hydrogens (tertiary/aromatic N) is 1. The molecule has 0 spiro atoms. The van der Waals surface area contributed by atoms with Crippen LogP contribution >= 0.6 is 23.2 Å². The standard InChI is InChI=1S/C16H20Cl2N2O/c17-14-4-3-12(9-15(14)18)16(21)20-7-5-13(6-8-20)19-10-11-1-2-11/h3-4,9,11,13,19H,1-2,5-8,10H2. The predicted octanol–water partition coefficient (Wildman–Crippen LogP) is 3.60. The molecule has 0 bridgehead atoms. The Balaban J connectivity index is 1.52. The highest BCUT2D eigenvalue weighted by Crippen LogP contribution is 2.28. The first-order valence-electron chi connectivity index (χ1n) is 7.61. The molecule has 3 rings (SSSR count). The van der Waals surface area contributed by atoms with E-state index < -0.39 is 0 Å². The molecule has 1 aromatic carbocycles. The van der Waals surface area contributed by atoms with Gasteiger partial charge in [-0.3, -0.25) is 4.79 Å². The lowest BCUT2D eigenvalue weighted by Crippen LogP contribution is -2.45. The molecule has 0 atom stereocenters. The summed E-state index contributed by atoms with van der Waals surface area (Å²) in [5.41, 5.74) is 0.619. The summed E-state index contributed by atoms with van der Waals surface area (Å²) < 4.78 is 0. The highest BCUT2D eigenvalue weighted by Gasteiger charge is 2.26. The van der Waals surface area contributed by atoms with Crippen LogP contribution in [0.4, 0.5) is 0 Å². The van der Waals surface area contributed by atoms with Crippen LogP contribution in [0.25, 0.3) is 0 Å². The van der Waals surface area contributed by atoms with Gasteiger partial charge in [0, 0.05) is 24.7 Å². The van der Waals surface area contributed by atoms with Crippen LogP contribution in [0.2, 0.25) is 10.0 Å². The molecule has 0 unspecified atom stereocenters. The Hall–Kier alpha value is -0.770. The summed E-state index contributed by atoms with van der Waals surface area (Å²) in [6.45, 7) is 2.76. The summed E-state index contributed by atoms with van der Waals surface area (Å²) in [7, 11) is 0. The van der Waals surface area contributed by atoms with Crippen LogP contribution in [-0.4, -0.2) is 36.5 Å². The quantitative estimate of drug-likeness (QED) is 0.916. The van der Waals surface area contributed by atoms with E-state index in [0.29, 0.717) is 21.7 Å². The third-order valence-corrected chi connectivity index (χ3v) is 5.08. The second kappa shape index (κ2) is 6.55. The normalized spacial score (nSPS) is 19.8. The maximum Gasteiger partial charge on any atom is 0.253 e. The molecule has 1 N–H and O–H groups in total. The van der Waals surface area contributed by atoms with Crippen molar-refractivity contribution in [2.45, 2.75) is 31.7 Å². The van der Waals surface area contributed by atoms with E-state index >= 15 is 0 Å². The van der Waals surface area contributed by atoms with E-state index in [2.05, 4.69) is 5.32 Å². The molecule has 1 saturated heterocycles. The number of carbonyl (C=O) groups excluding carboxylic acids is 1. The lowest BCUT2D eigenvalue weighted by atomic mass is 10.0. The molecule has 2 fully saturated rings. The number of benzene rings is 1. The molecule has 1 aromatic rings. The molecular weight excluding hydrogens is 307 g/mol. The van der Waals surface area contributed by atoms with Crippen molar-refractivity contribution >= 4 is 29.1 Å². The van der Waals surface area contributed by atoms with Crippen LogP contribution in [0.3, 0.4) is 0 Å². The summed E-state index contributed by atoms with van der Waals surface area (Å²) >= 11 is 11.9. The topological polar surface area (TPSA) is 32.3 Å². The summed E-state index contributed by atoms with van der Waals surface area (Å²) in [5.74, 6) is 0.954. The average Bonchev–Trinajstić information content (AvgIpc) is 3.32. The van der Waals surface area contributed by atoms with Crippen molar-refractivity contribution in [1.82, 2.24) is 10.2 Å². The van der Waals surface area contributed by atoms with Gasteiger partial charge in [-0.15, -0.1) is 0 Å². The van der Waals surface area contributed by atoms with Crippen LogP contribution in [0.5, 0.6) is 0 Å². The molecule has 1 heterocycles. The van der Waals surface area contributed by atoms with E-state index in [4.69, 9.17) is 23.2 Å². The van der Waals surface area contributed by atoms with Gasteiger partial charge < -0.3 is 10.2 Å². The number of halogens is 2. The molecule has 1 aliphatic carbocycles. The van der Waals surface area contributed by atoms with Crippen LogP contribution in [-0.2, 0) is 0 Å². The van der Waals surface area contributed by atoms with Gasteiger partial charge in [0.05, 0.1) is 10.0 Å². The lowest BCUT2D eigenvalue weighted by molar-refractivity contribution is 0.0705. The molecule has 2 aliphatic rings. The van der Waals surface area contributed by atoms with E-state index in [1.165, 1.54) is 12.8 Å². The van der Waals surface area contributed by atoms with Crippen LogP contribution in [0.15, 0.2) is 18.2 Å². The Morgan fingerprint density at radius 1 is 1.14 bits per heavy atom. The highest BCUT2D eigenvalue weighted by atomic mass is 35.5. The minimum atomic E-state index is 0.0502. The number of nitrogens with one attached hydrogen (secondary N) is 1.